The van der Waals surface area contributed by atoms with Crippen molar-refractivity contribution < 1.29 is 4.79 Å². The first-order valence-electron chi connectivity index (χ1n) is 7.77. The molecule has 0 unspecified atom stereocenters. The zero-order valence-electron chi connectivity index (χ0n) is 13.2. The molecule has 0 saturated heterocycles. The molecule has 2 rings (SSSR count). The van der Waals surface area contributed by atoms with E-state index in [2.05, 4.69) is 16.4 Å². The van der Waals surface area contributed by atoms with E-state index in [1.54, 1.807) is 24.3 Å². The van der Waals surface area contributed by atoms with Gasteiger partial charge in [0.05, 0.1) is 23.2 Å². The van der Waals surface area contributed by atoms with E-state index in [0.717, 1.165) is 25.7 Å². The van der Waals surface area contributed by atoms with Crippen molar-refractivity contribution in [3.63, 3.8) is 0 Å². The number of primary amides is 1. The van der Waals surface area contributed by atoms with Crippen LogP contribution in [0.25, 0.3) is 0 Å². The molecule has 24 heavy (non-hydrogen) atoms. The van der Waals surface area contributed by atoms with Crippen LogP contribution in [0.15, 0.2) is 41.0 Å². The number of aliphatic imine (C=N–C) groups is 1. The second-order valence-corrected chi connectivity index (χ2v) is 6.13. The van der Waals surface area contributed by atoms with Crippen molar-refractivity contribution in [1.29, 1.82) is 5.26 Å². The second kappa shape index (κ2) is 8.37. The number of halogens is 1. The van der Waals surface area contributed by atoms with Crippen molar-refractivity contribution in [3.8, 4) is 6.07 Å². The van der Waals surface area contributed by atoms with E-state index >= 15 is 0 Å². The summed E-state index contributed by atoms with van der Waals surface area (Å²) < 4.78 is 0. The molecule has 1 aliphatic rings. The lowest BCUT2D eigenvalue weighted by Gasteiger charge is -2.27. The maximum atomic E-state index is 11.7. The lowest BCUT2D eigenvalue weighted by molar-refractivity contribution is -0.114. The quantitative estimate of drug-likeness (QED) is 0.431. The van der Waals surface area contributed by atoms with Crippen LogP contribution in [-0.4, -0.2) is 17.8 Å². The number of amidine groups is 1. The van der Waals surface area contributed by atoms with Gasteiger partial charge in [-0.05, 0) is 37.1 Å². The minimum atomic E-state index is -0.679. The third-order valence-electron chi connectivity index (χ3n) is 3.99. The molecule has 0 bridgehead atoms. The Kier molecular flexibility index (Phi) is 6.21. The summed E-state index contributed by atoms with van der Waals surface area (Å²) in [5.41, 5.74) is 12.0. The van der Waals surface area contributed by atoms with Gasteiger partial charge in [-0.2, -0.15) is 5.26 Å². The molecule has 1 amide bonds. The number of nitriles is 1. The lowest BCUT2D eigenvalue weighted by atomic mass is 9.85. The fraction of sp³-hybridized carbons (Fsp3) is 0.353. The molecule has 5 N–H and O–H groups in total. The Balaban J connectivity index is 2.17. The van der Waals surface area contributed by atoms with Gasteiger partial charge in [-0.3, -0.25) is 4.79 Å². The molecular weight excluding hydrogens is 326 g/mol. The van der Waals surface area contributed by atoms with E-state index in [9.17, 15) is 10.1 Å². The van der Waals surface area contributed by atoms with Crippen molar-refractivity contribution in [2.45, 2.75) is 31.7 Å². The molecule has 6 nitrogen and oxygen atoms in total. The number of nitrogens with one attached hydrogen (secondary N) is 1. The first-order valence-corrected chi connectivity index (χ1v) is 8.15. The van der Waals surface area contributed by atoms with Gasteiger partial charge in [0.1, 0.15) is 5.84 Å². The van der Waals surface area contributed by atoms with Crippen LogP contribution in [0.4, 0.5) is 5.69 Å². The van der Waals surface area contributed by atoms with Gasteiger partial charge < -0.3 is 16.8 Å². The average molecular weight is 346 g/mol. The van der Waals surface area contributed by atoms with Gasteiger partial charge in [-0.1, -0.05) is 24.4 Å². The Morgan fingerprint density at radius 3 is 2.58 bits per heavy atom. The number of rotatable bonds is 5. The Morgan fingerprint density at radius 1 is 1.29 bits per heavy atom. The number of carbonyl (C=O) groups excluding carboxylic acids is 1. The standard InChI is InChI=1S/C17H20ClN5O/c18-12-5-7-13(8-6-12)23-16(20)14(17(21)24)10-22-15-4-2-1-3-11(15)9-19/h5-8,10-11,15,22H,1-4H2,(H2,20,23)(H2,21,24)/b14-10+/t11-,15+/m1/s1. The van der Waals surface area contributed by atoms with E-state index in [1.807, 2.05) is 0 Å². The second-order valence-electron chi connectivity index (χ2n) is 5.69. The first-order chi connectivity index (χ1) is 11.5. The van der Waals surface area contributed by atoms with Gasteiger partial charge in [0.15, 0.2) is 0 Å². The molecule has 0 spiro atoms. The minimum Gasteiger partial charge on any atom is -0.386 e. The van der Waals surface area contributed by atoms with Crippen LogP contribution in [0.3, 0.4) is 0 Å². The number of hydrogen-bond donors (Lipinski definition) is 3. The van der Waals surface area contributed by atoms with E-state index in [-0.39, 0.29) is 23.4 Å². The first kappa shape index (κ1) is 17.8. The normalized spacial score (nSPS) is 21.8. The summed E-state index contributed by atoms with van der Waals surface area (Å²) in [6.45, 7) is 0. The Labute approximate surface area is 146 Å². The zero-order chi connectivity index (χ0) is 17.5. The van der Waals surface area contributed by atoms with Crippen LogP contribution in [0, 0.1) is 17.2 Å². The van der Waals surface area contributed by atoms with Crippen LogP contribution < -0.4 is 16.8 Å². The Morgan fingerprint density at radius 2 is 1.96 bits per heavy atom. The molecule has 0 heterocycles. The Bertz CT molecular complexity index is 690. The van der Waals surface area contributed by atoms with Crippen LogP contribution in [-0.2, 0) is 4.79 Å². The van der Waals surface area contributed by atoms with Gasteiger partial charge in [-0.25, -0.2) is 4.99 Å². The van der Waals surface area contributed by atoms with E-state index in [0.29, 0.717) is 10.7 Å². The molecule has 126 valence electrons. The SMILES string of the molecule is N#C[C@H]1CCCC[C@@H]1N/C=C(/C(N)=O)C(N)=Nc1ccc(Cl)cc1. The molecule has 1 aliphatic carbocycles. The van der Waals surface area contributed by atoms with Crippen LogP contribution in [0.1, 0.15) is 25.7 Å². The third-order valence-corrected chi connectivity index (χ3v) is 4.24. The molecule has 1 aromatic carbocycles. The summed E-state index contributed by atoms with van der Waals surface area (Å²) in [5, 5.41) is 12.9. The molecule has 0 aromatic heterocycles. The van der Waals surface area contributed by atoms with Crippen LogP contribution >= 0.6 is 11.6 Å². The minimum absolute atomic E-state index is 0.0126. The van der Waals surface area contributed by atoms with Crippen LogP contribution in [0.2, 0.25) is 5.02 Å². The van der Waals surface area contributed by atoms with Crippen molar-refractivity contribution in [1.82, 2.24) is 5.32 Å². The maximum absolute atomic E-state index is 11.7. The summed E-state index contributed by atoms with van der Waals surface area (Å²) in [7, 11) is 0. The van der Waals surface area contributed by atoms with E-state index in [1.165, 1.54) is 6.20 Å². The van der Waals surface area contributed by atoms with Crippen LogP contribution in [0.5, 0.6) is 0 Å². The third kappa shape index (κ3) is 4.74. The summed E-state index contributed by atoms with van der Waals surface area (Å²) >= 11 is 5.82. The van der Waals surface area contributed by atoms with Crippen molar-refractivity contribution in [2.24, 2.45) is 22.4 Å². The summed E-state index contributed by atoms with van der Waals surface area (Å²) in [5.74, 6) is -0.748. The van der Waals surface area contributed by atoms with Gasteiger partial charge in [0.25, 0.3) is 5.91 Å². The van der Waals surface area contributed by atoms with Gasteiger partial charge >= 0.3 is 0 Å². The number of benzene rings is 1. The van der Waals surface area contributed by atoms with Gasteiger partial charge in [0.2, 0.25) is 0 Å². The number of nitrogens with zero attached hydrogens (tertiary/aromatic N) is 2. The monoisotopic (exact) mass is 345 g/mol. The highest BCUT2D eigenvalue weighted by Gasteiger charge is 2.24. The number of nitrogens with two attached hydrogens (primary N) is 2. The molecule has 7 heteroatoms. The molecule has 0 aliphatic heterocycles. The molecule has 1 fully saturated rings. The van der Waals surface area contributed by atoms with Gasteiger partial charge in [-0.15, -0.1) is 0 Å². The number of carbonyl (C=O) groups is 1. The van der Waals surface area contributed by atoms with Crippen molar-refractivity contribution in [2.75, 3.05) is 0 Å². The van der Waals surface area contributed by atoms with E-state index < -0.39 is 5.91 Å². The van der Waals surface area contributed by atoms with Gasteiger partial charge in [0, 0.05) is 17.3 Å². The highest BCUT2D eigenvalue weighted by Crippen LogP contribution is 2.24. The summed E-state index contributed by atoms with van der Waals surface area (Å²) in [6, 6.07) is 9.02. The fourth-order valence-electron chi connectivity index (χ4n) is 2.66. The average Bonchev–Trinajstić information content (AvgIpc) is 2.57. The fourth-order valence-corrected chi connectivity index (χ4v) is 2.79. The predicted octanol–water partition coefficient (Wildman–Crippen LogP) is 2.37. The number of hydrogen-bond acceptors (Lipinski definition) is 4. The molecule has 0 radical (unpaired) electrons. The zero-order valence-corrected chi connectivity index (χ0v) is 14.0. The molecule has 1 aromatic rings. The van der Waals surface area contributed by atoms with E-state index in [4.69, 9.17) is 23.1 Å². The number of amides is 1. The molecule has 2 atom stereocenters. The highest BCUT2D eigenvalue weighted by atomic mass is 35.5. The highest BCUT2D eigenvalue weighted by molar-refractivity contribution is 6.30. The lowest BCUT2D eigenvalue weighted by Crippen LogP contribution is -2.37. The summed E-state index contributed by atoms with van der Waals surface area (Å²) in [6.07, 6.45) is 5.28. The molecule has 1 saturated carbocycles. The summed E-state index contributed by atoms with van der Waals surface area (Å²) in [4.78, 5) is 15.9. The maximum Gasteiger partial charge on any atom is 0.253 e. The van der Waals surface area contributed by atoms with Crippen molar-refractivity contribution in [3.05, 3.63) is 41.1 Å². The smallest absolute Gasteiger partial charge is 0.253 e. The Hall–Kier alpha value is -2.52. The predicted molar refractivity (Wildman–Crippen MR) is 94.5 cm³/mol. The molecular formula is C17H20ClN5O. The largest absolute Gasteiger partial charge is 0.386 e. The topological polar surface area (TPSA) is 117 Å². The van der Waals surface area contributed by atoms with Crippen molar-refractivity contribution >= 4 is 29.0 Å².